The van der Waals surface area contributed by atoms with Gasteiger partial charge in [-0.3, -0.25) is 4.79 Å². The third-order valence-electron chi connectivity index (χ3n) is 6.74. The van der Waals surface area contributed by atoms with Crippen LogP contribution in [0.2, 0.25) is 0 Å². The topological polar surface area (TPSA) is 117 Å². The number of aromatic nitrogens is 2. The van der Waals surface area contributed by atoms with E-state index >= 15 is 0 Å². The van der Waals surface area contributed by atoms with Gasteiger partial charge in [0.2, 0.25) is 15.9 Å². The molecule has 10 heteroatoms. The monoisotopic (exact) mass is 498 g/mol. The lowest BCUT2D eigenvalue weighted by atomic mass is 10.0. The van der Waals surface area contributed by atoms with Gasteiger partial charge in [-0.25, -0.2) is 18.5 Å². The summed E-state index contributed by atoms with van der Waals surface area (Å²) in [4.78, 5) is 19.9. The molecule has 9 nitrogen and oxygen atoms in total. The number of hydrogen-bond acceptors (Lipinski definition) is 6. The van der Waals surface area contributed by atoms with E-state index in [4.69, 9.17) is 14.6 Å². The number of sulfonamides is 1. The molecule has 0 aliphatic carbocycles. The lowest BCUT2D eigenvalue weighted by Crippen LogP contribution is -2.31. The molecule has 2 N–H and O–H groups in total. The molecule has 3 aromatic rings. The summed E-state index contributed by atoms with van der Waals surface area (Å²) in [5.41, 5.74) is 2.46. The predicted molar refractivity (Wildman–Crippen MR) is 131 cm³/mol. The average molecular weight is 499 g/mol. The molecule has 0 spiro atoms. The van der Waals surface area contributed by atoms with E-state index in [2.05, 4.69) is 4.98 Å². The van der Waals surface area contributed by atoms with E-state index < -0.39 is 10.0 Å². The van der Waals surface area contributed by atoms with Crippen LogP contribution in [0.3, 0.4) is 0 Å². The Morgan fingerprint density at radius 3 is 2.69 bits per heavy atom. The van der Waals surface area contributed by atoms with Crippen LogP contribution in [-0.4, -0.2) is 48.5 Å². The van der Waals surface area contributed by atoms with Crippen molar-refractivity contribution in [1.29, 1.82) is 0 Å². The fourth-order valence-corrected chi connectivity index (χ4v) is 5.58. The average Bonchev–Trinajstić information content (AvgIpc) is 3.39. The Kier molecular flexibility index (Phi) is 6.41. The highest BCUT2D eigenvalue weighted by Gasteiger charge is 2.31. The number of imidazole rings is 1. The Hall–Kier alpha value is -3.11. The maximum Gasteiger partial charge on any atom is 0.238 e. The maximum atomic E-state index is 13.3. The number of carbonyl (C=O) groups is 1. The number of carbonyl (C=O) groups excluding carboxylic acids is 1. The van der Waals surface area contributed by atoms with Gasteiger partial charge in [0.05, 0.1) is 35.2 Å². The molecule has 1 saturated heterocycles. The molecular weight excluding hydrogens is 468 g/mol. The standard InChI is InChI=1S/C25H30N4O5S/c1-2-28-21-8-7-18(35(26,31)32)16-19(21)27-24(28)10-11-25(30)29-12-3-5-20(29)17-6-9-22-23(15-17)34-14-4-13-33-22/h6-9,15-16,20H,2-5,10-14H2,1H3,(H2,26,31,32)/t20-/m0/s1. The summed E-state index contributed by atoms with van der Waals surface area (Å²) in [5.74, 6) is 2.34. The van der Waals surface area contributed by atoms with Crippen molar-refractivity contribution in [1.82, 2.24) is 14.5 Å². The second kappa shape index (κ2) is 9.50. The van der Waals surface area contributed by atoms with Crippen LogP contribution in [-0.2, 0) is 27.8 Å². The van der Waals surface area contributed by atoms with Crippen LogP contribution in [0, 0.1) is 0 Å². The van der Waals surface area contributed by atoms with E-state index in [9.17, 15) is 13.2 Å². The number of nitrogens with zero attached hydrogens (tertiary/aromatic N) is 3. The predicted octanol–water partition coefficient (Wildman–Crippen LogP) is 3.16. The maximum absolute atomic E-state index is 13.3. The third-order valence-corrected chi connectivity index (χ3v) is 7.65. The summed E-state index contributed by atoms with van der Waals surface area (Å²) in [6.07, 6.45) is 3.51. The zero-order valence-corrected chi connectivity index (χ0v) is 20.6. The van der Waals surface area contributed by atoms with Gasteiger partial charge in [-0.15, -0.1) is 0 Å². The van der Waals surface area contributed by atoms with Crippen LogP contribution in [0.1, 0.15) is 50.0 Å². The van der Waals surface area contributed by atoms with Crippen molar-refractivity contribution in [3.05, 3.63) is 47.8 Å². The van der Waals surface area contributed by atoms with Crippen LogP contribution in [0.15, 0.2) is 41.3 Å². The molecule has 186 valence electrons. The first-order chi connectivity index (χ1) is 16.8. The first-order valence-electron chi connectivity index (χ1n) is 12.1. The number of likely N-dealkylation sites (tertiary alicyclic amines) is 1. The first-order valence-corrected chi connectivity index (χ1v) is 13.6. The summed E-state index contributed by atoms with van der Waals surface area (Å²) >= 11 is 0. The number of rotatable bonds is 6. The lowest BCUT2D eigenvalue weighted by Gasteiger charge is -2.26. The molecule has 0 saturated carbocycles. The van der Waals surface area contributed by atoms with Gasteiger partial charge in [0, 0.05) is 32.4 Å². The summed E-state index contributed by atoms with van der Waals surface area (Å²) in [6, 6.07) is 10.7. The summed E-state index contributed by atoms with van der Waals surface area (Å²) in [7, 11) is -3.81. The highest BCUT2D eigenvalue weighted by Crippen LogP contribution is 2.38. The normalized spacial score (nSPS) is 18.1. The summed E-state index contributed by atoms with van der Waals surface area (Å²) in [6.45, 7) is 4.66. The van der Waals surface area contributed by atoms with Gasteiger partial charge < -0.3 is 18.9 Å². The van der Waals surface area contributed by atoms with E-state index in [0.717, 1.165) is 54.2 Å². The first kappa shape index (κ1) is 23.6. The Morgan fingerprint density at radius 1 is 1.11 bits per heavy atom. The van der Waals surface area contributed by atoms with E-state index in [1.807, 2.05) is 34.6 Å². The summed E-state index contributed by atoms with van der Waals surface area (Å²) < 4.78 is 37.1. The highest BCUT2D eigenvalue weighted by molar-refractivity contribution is 7.89. The van der Waals surface area contributed by atoms with Gasteiger partial charge >= 0.3 is 0 Å². The number of benzene rings is 2. The molecule has 0 radical (unpaired) electrons. The molecule has 1 atom stereocenters. The Balaban J connectivity index is 1.33. The van der Waals surface area contributed by atoms with Crippen molar-refractivity contribution < 1.29 is 22.7 Å². The third kappa shape index (κ3) is 4.72. The SMILES string of the molecule is CCn1c(CCC(=O)N2CCC[C@H]2c2ccc3c(c2)OCCCO3)nc2cc(S(N)(=O)=O)ccc21. The molecule has 1 aromatic heterocycles. The smallest absolute Gasteiger partial charge is 0.238 e. The summed E-state index contributed by atoms with van der Waals surface area (Å²) in [5, 5.41) is 5.27. The Labute approximate surface area is 204 Å². The second-order valence-electron chi connectivity index (χ2n) is 8.97. The molecule has 1 amide bonds. The molecule has 2 aromatic carbocycles. The van der Waals surface area contributed by atoms with Gasteiger partial charge in [0.1, 0.15) is 5.82 Å². The largest absolute Gasteiger partial charge is 0.490 e. The highest BCUT2D eigenvalue weighted by atomic mass is 32.2. The lowest BCUT2D eigenvalue weighted by molar-refractivity contribution is -0.132. The Bertz CT molecular complexity index is 1370. The van der Waals surface area contributed by atoms with E-state index in [1.165, 1.54) is 12.1 Å². The van der Waals surface area contributed by atoms with Gasteiger partial charge in [0.15, 0.2) is 11.5 Å². The number of aryl methyl sites for hydroxylation is 2. The Morgan fingerprint density at radius 2 is 1.91 bits per heavy atom. The van der Waals surface area contributed by atoms with E-state index in [-0.39, 0.29) is 16.8 Å². The molecule has 2 aliphatic heterocycles. The number of primary sulfonamides is 1. The van der Waals surface area contributed by atoms with Crippen molar-refractivity contribution >= 4 is 27.0 Å². The molecule has 35 heavy (non-hydrogen) atoms. The van der Waals surface area contributed by atoms with Crippen LogP contribution in [0.4, 0.5) is 0 Å². The number of amides is 1. The fraction of sp³-hybridized carbons (Fsp3) is 0.440. The van der Waals surface area contributed by atoms with Crippen LogP contribution < -0.4 is 14.6 Å². The minimum Gasteiger partial charge on any atom is -0.490 e. The van der Waals surface area contributed by atoms with Gasteiger partial charge in [-0.2, -0.15) is 0 Å². The van der Waals surface area contributed by atoms with Crippen LogP contribution in [0.25, 0.3) is 11.0 Å². The molecule has 0 unspecified atom stereocenters. The van der Waals surface area contributed by atoms with Gasteiger partial charge in [0.25, 0.3) is 0 Å². The molecule has 1 fully saturated rings. The van der Waals surface area contributed by atoms with Crippen molar-refractivity contribution in [2.24, 2.45) is 5.14 Å². The van der Waals surface area contributed by atoms with E-state index in [0.29, 0.717) is 38.1 Å². The number of ether oxygens (including phenoxy) is 2. The minimum atomic E-state index is -3.81. The zero-order chi connectivity index (χ0) is 24.6. The number of nitrogens with two attached hydrogens (primary N) is 1. The van der Waals surface area contributed by atoms with Gasteiger partial charge in [-0.05, 0) is 55.7 Å². The van der Waals surface area contributed by atoms with Crippen LogP contribution >= 0.6 is 0 Å². The second-order valence-corrected chi connectivity index (χ2v) is 10.5. The van der Waals surface area contributed by atoms with Gasteiger partial charge in [-0.1, -0.05) is 6.07 Å². The molecular formula is C25H30N4O5S. The zero-order valence-electron chi connectivity index (χ0n) is 19.8. The van der Waals surface area contributed by atoms with Crippen molar-refractivity contribution in [3.8, 4) is 11.5 Å². The molecule has 3 heterocycles. The van der Waals surface area contributed by atoms with Crippen LogP contribution in [0.5, 0.6) is 11.5 Å². The molecule has 5 rings (SSSR count). The fourth-order valence-electron chi connectivity index (χ4n) is 5.04. The molecule has 0 bridgehead atoms. The van der Waals surface area contributed by atoms with Crippen molar-refractivity contribution in [3.63, 3.8) is 0 Å². The minimum absolute atomic E-state index is 0.0157. The number of fused-ring (bicyclic) bond motifs is 2. The van der Waals surface area contributed by atoms with E-state index in [1.54, 1.807) is 6.07 Å². The van der Waals surface area contributed by atoms with Crippen molar-refractivity contribution in [2.75, 3.05) is 19.8 Å². The molecule has 2 aliphatic rings. The quantitative estimate of drug-likeness (QED) is 0.558. The van der Waals surface area contributed by atoms with Crippen molar-refractivity contribution in [2.45, 2.75) is 56.5 Å². The number of hydrogen-bond donors (Lipinski definition) is 1.